The third-order valence-corrected chi connectivity index (χ3v) is 3.33. The molecule has 17 heavy (non-hydrogen) atoms. The lowest BCUT2D eigenvalue weighted by Crippen LogP contribution is -2.31. The maximum Gasteiger partial charge on any atom is 0.108 e. The van der Waals surface area contributed by atoms with Crippen LogP contribution in [0.2, 0.25) is 0 Å². The number of rotatable bonds is 7. The van der Waals surface area contributed by atoms with Crippen LogP contribution in [0.4, 0.5) is 0 Å². The van der Waals surface area contributed by atoms with E-state index in [1.165, 1.54) is 5.82 Å². The van der Waals surface area contributed by atoms with Crippen molar-refractivity contribution < 1.29 is 0 Å². The molecule has 0 aliphatic carbocycles. The minimum atomic E-state index is 0.505. The van der Waals surface area contributed by atoms with Crippen molar-refractivity contribution >= 4 is 0 Å². The molecule has 1 N–H and O–H groups in total. The van der Waals surface area contributed by atoms with Crippen molar-refractivity contribution in [3.05, 3.63) is 18.2 Å². The molecule has 0 fully saturated rings. The van der Waals surface area contributed by atoms with Gasteiger partial charge in [-0.05, 0) is 25.8 Å². The van der Waals surface area contributed by atoms with Gasteiger partial charge in [-0.25, -0.2) is 4.98 Å². The average molecular weight is 237 g/mol. The van der Waals surface area contributed by atoms with Gasteiger partial charge in [-0.3, -0.25) is 0 Å². The molecule has 0 amide bonds. The van der Waals surface area contributed by atoms with E-state index < -0.39 is 0 Å². The lowest BCUT2D eigenvalue weighted by atomic mass is 10.0. The Balaban J connectivity index is 2.60. The van der Waals surface area contributed by atoms with E-state index >= 15 is 0 Å². The average Bonchev–Trinajstić information content (AvgIpc) is 2.73. The Morgan fingerprint density at radius 1 is 1.29 bits per heavy atom. The van der Waals surface area contributed by atoms with E-state index in [9.17, 15) is 0 Å². The fourth-order valence-corrected chi connectivity index (χ4v) is 2.00. The van der Waals surface area contributed by atoms with E-state index in [0.717, 1.165) is 19.4 Å². The maximum absolute atomic E-state index is 4.45. The highest BCUT2D eigenvalue weighted by Crippen LogP contribution is 2.19. The van der Waals surface area contributed by atoms with Crippen molar-refractivity contribution in [2.75, 3.05) is 6.54 Å². The zero-order valence-electron chi connectivity index (χ0n) is 11.9. The highest BCUT2D eigenvalue weighted by atomic mass is 15.1. The van der Waals surface area contributed by atoms with E-state index in [1.807, 2.05) is 6.20 Å². The van der Waals surface area contributed by atoms with Gasteiger partial charge in [0, 0.05) is 30.9 Å². The Labute approximate surface area is 106 Å². The molecule has 3 nitrogen and oxygen atoms in total. The molecule has 0 aliphatic rings. The van der Waals surface area contributed by atoms with Crippen LogP contribution < -0.4 is 5.32 Å². The van der Waals surface area contributed by atoms with Crippen LogP contribution in [0.1, 0.15) is 52.9 Å². The second kappa shape index (κ2) is 6.80. The Morgan fingerprint density at radius 3 is 2.59 bits per heavy atom. The van der Waals surface area contributed by atoms with Crippen LogP contribution in [0.3, 0.4) is 0 Å². The van der Waals surface area contributed by atoms with E-state index in [4.69, 9.17) is 0 Å². The molecule has 3 heteroatoms. The smallest absolute Gasteiger partial charge is 0.108 e. The quantitative estimate of drug-likeness (QED) is 0.790. The van der Waals surface area contributed by atoms with Gasteiger partial charge in [0.15, 0.2) is 0 Å². The normalized spacial score (nSPS) is 15.2. The Morgan fingerprint density at radius 2 is 2.00 bits per heavy atom. The number of hydrogen-bond acceptors (Lipinski definition) is 2. The topological polar surface area (TPSA) is 29.9 Å². The standard InChI is InChI=1S/C14H27N3/c1-6-7-14-15-8-9-17(14)13(5)12(4)10-16-11(2)3/h8-9,11-13,16H,6-7,10H2,1-5H3. The van der Waals surface area contributed by atoms with Crippen molar-refractivity contribution in [1.29, 1.82) is 0 Å². The van der Waals surface area contributed by atoms with Gasteiger partial charge in [0.05, 0.1) is 0 Å². The zero-order valence-corrected chi connectivity index (χ0v) is 11.9. The van der Waals surface area contributed by atoms with E-state index in [0.29, 0.717) is 18.0 Å². The molecular formula is C14H27N3. The minimum absolute atomic E-state index is 0.505. The Bertz CT molecular complexity index is 317. The number of imidazole rings is 1. The van der Waals surface area contributed by atoms with Gasteiger partial charge in [-0.2, -0.15) is 0 Å². The molecule has 1 rings (SSSR count). The van der Waals surface area contributed by atoms with Crippen LogP contribution in [-0.4, -0.2) is 22.1 Å². The van der Waals surface area contributed by atoms with Crippen molar-refractivity contribution in [2.24, 2.45) is 5.92 Å². The summed E-state index contributed by atoms with van der Waals surface area (Å²) in [5.74, 6) is 1.83. The molecule has 2 unspecified atom stereocenters. The van der Waals surface area contributed by atoms with Gasteiger partial charge in [0.1, 0.15) is 5.82 Å². The molecule has 0 saturated heterocycles. The Hall–Kier alpha value is -0.830. The molecule has 98 valence electrons. The summed E-state index contributed by atoms with van der Waals surface area (Å²) in [5, 5.41) is 3.51. The number of hydrogen-bond donors (Lipinski definition) is 1. The third-order valence-electron chi connectivity index (χ3n) is 3.33. The first-order valence-corrected chi connectivity index (χ1v) is 6.81. The fraction of sp³-hybridized carbons (Fsp3) is 0.786. The molecule has 0 bridgehead atoms. The highest BCUT2D eigenvalue weighted by Gasteiger charge is 2.16. The predicted molar refractivity (Wildman–Crippen MR) is 73.2 cm³/mol. The van der Waals surface area contributed by atoms with Crippen LogP contribution in [0.25, 0.3) is 0 Å². The molecule has 0 aromatic carbocycles. The Kier molecular flexibility index (Phi) is 5.69. The second-order valence-electron chi connectivity index (χ2n) is 5.28. The number of aromatic nitrogens is 2. The lowest BCUT2D eigenvalue weighted by molar-refractivity contribution is 0.344. The largest absolute Gasteiger partial charge is 0.332 e. The minimum Gasteiger partial charge on any atom is -0.332 e. The van der Waals surface area contributed by atoms with Gasteiger partial charge in [0.2, 0.25) is 0 Å². The van der Waals surface area contributed by atoms with Crippen LogP contribution in [-0.2, 0) is 6.42 Å². The van der Waals surface area contributed by atoms with E-state index in [-0.39, 0.29) is 0 Å². The maximum atomic E-state index is 4.45. The summed E-state index contributed by atoms with van der Waals surface area (Å²) in [6, 6.07) is 1.06. The first kappa shape index (κ1) is 14.2. The third kappa shape index (κ3) is 4.15. The van der Waals surface area contributed by atoms with Gasteiger partial charge in [-0.15, -0.1) is 0 Å². The molecule has 0 radical (unpaired) electrons. The lowest BCUT2D eigenvalue weighted by Gasteiger charge is -2.24. The van der Waals surface area contributed by atoms with Gasteiger partial charge >= 0.3 is 0 Å². The van der Waals surface area contributed by atoms with Crippen LogP contribution in [0, 0.1) is 5.92 Å². The van der Waals surface area contributed by atoms with E-state index in [1.54, 1.807) is 0 Å². The van der Waals surface area contributed by atoms with E-state index in [2.05, 4.69) is 55.7 Å². The molecule has 0 aliphatic heterocycles. The fourth-order valence-electron chi connectivity index (χ4n) is 2.00. The summed E-state index contributed by atoms with van der Waals surface area (Å²) in [6.07, 6.45) is 6.26. The second-order valence-corrected chi connectivity index (χ2v) is 5.28. The molecule has 1 heterocycles. The monoisotopic (exact) mass is 237 g/mol. The van der Waals surface area contributed by atoms with Gasteiger partial charge in [0.25, 0.3) is 0 Å². The molecule has 0 spiro atoms. The van der Waals surface area contributed by atoms with Gasteiger partial charge < -0.3 is 9.88 Å². The van der Waals surface area contributed by atoms with Crippen molar-refractivity contribution in [3.63, 3.8) is 0 Å². The SMILES string of the molecule is CCCc1nccn1C(C)C(C)CNC(C)C. The van der Waals surface area contributed by atoms with Crippen molar-refractivity contribution in [1.82, 2.24) is 14.9 Å². The van der Waals surface area contributed by atoms with Crippen LogP contribution in [0.15, 0.2) is 12.4 Å². The summed E-state index contributed by atoms with van der Waals surface area (Å²) in [4.78, 5) is 4.45. The van der Waals surface area contributed by atoms with Crippen LogP contribution >= 0.6 is 0 Å². The summed E-state index contributed by atoms with van der Waals surface area (Å²) in [6.45, 7) is 12.2. The number of nitrogens with zero attached hydrogens (tertiary/aromatic N) is 2. The summed E-state index contributed by atoms with van der Waals surface area (Å²) in [7, 11) is 0. The summed E-state index contributed by atoms with van der Waals surface area (Å²) < 4.78 is 2.33. The van der Waals surface area contributed by atoms with Crippen LogP contribution in [0.5, 0.6) is 0 Å². The molecule has 0 saturated carbocycles. The highest BCUT2D eigenvalue weighted by molar-refractivity contribution is 4.95. The predicted octanol–water partition coefficient (Wildman–Crippen LogP) is 3.03. The summed E-state index contributed by atoms with van der Waals surface area (Å²) >= 11 is 0. The van der Waals surface area contributed by atoms with Gasteiger partial charge in [-0.1, -0.05) is 27.7 Å². The first-order chi connectivity index (χ1) is 8.06. The summed E-state index contributed by atoms with van der Waals surface area (Å²) in [5.41, 5.74) is 0. The van der Waals surface area contributed by atoms with Crippen molar-refractivity contribution in [2.45, 2.75) is 59.5 Å². The molecular weight excluding hydrogens is 210 g/mol. The first-order valence-electron chi connectivity index (χ1n) is 6.81. The molecule has 1 aromatic heterocycles. The van der Waals surface area contributed by atoms with Crippen molar-refractivity contribution in [3.8, 4) is 0 Å². The number of nitrogens with one attached hydrogen (secondary N) is 1. The molecule has 1 aromatic rings. The zero-order chi connectivity index (χ0) is 12.8. The molecule has 2 atom stereocenters. The number of aryl methyl sites for hydroxylation is 1.